The van der Waals surface area contributed by atoms with E-state index in [1.165, 1.54) is 19.2 Å². The van der Waals surface area contributed by atoms with Crippen molar-refractivity contribution in [2.75, 3.05) is 33.3 Å². The summed E-state index contributed by atoms with van der Waals surface area (Å²) in [4.78, 5) is 2.16. The van der Waals surface area contributed by atoms with E-state index in [9.17, 15) is 8.78 Å². The molecule has 1 saturated heterocycles. The smallest absolute Gasteiger partial charge is 0.134 e. The average molecular weight is 335 g/mol. The summed E-state index contributed by atoms with van der Waals surface area (Å²) in [6.45, 7) is 9.30. The molecule has 0 aliphatic carbocycles. The molecule has 0 saturated carbocycles. The summed E-state index contributed by atoms with van der Waals surface area (Å²) in [5.41, 5.74) is -0.127. The Bertz CT molecular complexity index is 476. The van der Waals surface area contributed by atoms with Gasteiger partial charge in [-0.25, -0.2) is 8.78 Å². The van der Waals surface area contributed by atoms with Crippen molar-refractivity contribution in [1.29, 1.82) is 0 Å². The van der Waals surface area contributed by atoms with Gasteiger partial charge in [0.25, 0.3) is 0 Å². The SMILES string of the molecule is COc1cc(F)c([C@@H](N2CCNCC2)C(C)(C)C)c(F)c1.Cl. The summed E-state index contributed by atoms with van der Waals surface area (Å²) in [5.74, 6) is -0.864. The first kappa shape index (κ1) is 19.1. The minimum absolute atomic E-state index is 0. The number of benzene rings is 1. The molecule has 0 aromatic heterocycles. The van der Waals surface area contributed by atoms with Crippen LogP contribution in [0.4, 0.5) is 8.78 Å². The summed E-state index contributed by atoms with van der Waals surface area (Å²) in [6, 6.07) is 2.23. The number of piperazine rings is 1. The summed E-state index contributed by atoms with van der Waals surface area (Å²) in [5, 5.41) is 3.27. The van der Waals surface area contributed by atoms with Crippen LogP contribution in [0.25, 0.3) is 0 Å². The number of nitrogens with zero attached hydrogens (tertiary/aromatic N) is 1. The van der Waals surface area contributed by atoms with Crippen LogP contribution in [0.1, 0.15) is 32.4 Å². The molecule has 6 heteroatoms. The van der Waals surface area contributed by atoms with Crippen LogP contribution in [0.5, 0.6) is 5.75 Å². The molecule has 1 aromatic rings. The quantitative estimate of drug-likeness (QED) is 0.917. The van der Waals surface area contributed by atoms with Crippen molar-refractivity contribution in [2.45, 2.75) is 26.8 Å². The van der Waals surface area contributed by atoms with Gasteiger partial charge < -0.3 is 10.1 Å². The summed E-state index contributed by atoms with van der Waals surface area (Å²) >= 11 is 0. The van der Waals surface area contributed by atoms with E-state index in [1.807, 2.05) is 20.8 Å². The van der Waals surface area contributed by atoms with E-state index in [0.717, 1.165) is 26.2 Å². The van der Waals surface area contributed by atoms with Crippen molar-refractivity contribution >= 4 is 12.4 Å². The maximum atomic E-state index is 14.5. The van der Waals surface area contributed by atoms with Gasteiger partial charge in [-0.3, -0.25) is 4.90 Å². The normalized spacial score (nSPS) is 17.7. The predicted octanol–water partition coefficient (Wildman–Crippen LogP) is 3.39. The highest BCUT2D eigenvalue weighted by molar-refractivity contribution is 5.85. The summed E-state index contributed by atoms with van der Waals surface area (Å²) in [7, 11) is 1.41. The third-order valence-electron chi connectivity index (χ3n) is 3.90. The summed E-state index contributed by atoms with van der Waals surface area (Å²) < 4.78 is 33.9. The van der Waals surface area contributed by atoms with Crippen molar-refractivity contribution < 1.29 is 13.5 Å². The Balaban J connectivity index is 0.00000242. The number of hydrogen-bond acceptors (Lipinski definition) is 3. The van der Waals surface area contributed by atoms with Crippen LogP contribution < -0.4 is 10.1 Å². The molecule has 22 heavy (non-hydrogen) atoms. The van der Waals surface area contributed by atoms with Crippen LogP contribution in [-0.4, -0.2) is 38.2 Å². The third kappa shape index (κ3) is 4.09. The van der Waals surface area contributed by atoms with E-state index in [2.05, 4.69) is 10.2 Å². The van der Waals surface area contributed by atoms with Gasteiger partial charge in [0.05, 0.1) is 7.11 Å². The molecule has 1 atom stereocenters. The molecule has 0 spiro atoms. The number of nitrogens with one attached hydrogen (secondary N) is 1. The van der Waals surface area contributed by atoms with Gasteiger partial charge in [0.15, 0.2) is 0 Å². The standard InChI is InChI=1S/C16H24F2N2O.ClH/c1-16(2,3)15(20-7-5-19-6-8-20)14-12(17)9-11(21-4)10-13(14)18;/h9-10,15,19H,5-8H2,1-4H3;1H/t15-;/m1./s1. The lowest BCUT2D eigenvalue weighted by Gasteiger charge is -2.42. The minimum Gasteiger partial charge on any atom is -0.497 e. The zero-order chi connectivity index (χ0) is 15.6. The zero-order valence-electron chi connectivity index (χ0n) is 13.6. The highest BCUT2D eigenvalue weighted by atomic mass is 35.5. The molecule has 3 nitrogen and oxygen atoms in total. The number of halogens is 3. The van der Waals surface area contributed by atoms with E-state index in [4.69, 9.17) is 4.74 Å². The van der Waals surface area contributed by atoms with Crippen LogP contribution in [0.3, 0.4) is 0 Å². The number of rotatable bonds is 3. The molecule has 1 fully saturated rings. The van der Waals surface area contributed by atoms with E-state index >= 15 is 0 Å². The Morgan fingerprint density at radius 2 is 1.64 bits per heavy atom. The molecular weight excluding hydrogens is 310 g/mol. The molecule has 0 bridgehead atoms. The van der Waals surface area contributed by atoms with Crippen LogP contribution in [0, 0.1) is 17.0 Å². The lowest BCUT2D eigenvalue weighted by molar-refractivity contribution is 0.0803. The molecule has 1 N–H and O–H groups in total. The average Bonchev–Trinajstić information content (AvgIpc) is 2.42. The molecule has 126 valence electrons. The molecule has 0 unspecified atom stereocenters. The topological polar surface area (TPSA) is 24.5 Å². The Kier molecular flexibility index (Phi) is 6.59. The first-order valence-corrected chi connectivity index (χ1v) is 7.32. The fraction of sp³-hybridized carbons (Fsp3) is 0.625. The molecule has 1 aliphatic rings. The van der Waals surface area contributed by atoms with E-state index in [0.29, 0.717) is 0 Å². The summed E-state index contributed by atoms with van der Waals surface area (Å²) in [6.07, 6.45) is 0. The first-order valence-electron chi connectivity index (χ1n) is 7.32. The van der Waals surface area contributed by atoms with Crippen LogP contribution in [-0.2, 0) is 0 Å². The minimum atomic E-state index is -0.537. The second kappa shape index (κ2) is 7.57. The second-order valence-electron chi connectivity index (χ2n) is 6.56. The highest BCUT2D eigenvalue weighted by Crippen LogP contribution is 2.41. The number of methoxy groups -OCH3 is 1. The lowest BCUT2D eigenvalue weighted by Crippen LogP contribution is -2.48. The van der Waals surface area contributed by atoms with Crippen molar-refractivity contribution in [1.82, 2.24) is 10.2 Å². The van der Waals surface area contributed by atoms with Gasteiger partial charge >= 0.3 is 0 Å². The molecule has 2 rings (SSSR count). The Labute approximate surface area is 137 Å². The van der Waals surface area contributed by atoms with Crippen molar-refractivity contribution in [3.63, 3.8) is 0 Å². The fourth-order valence-corrected chi connectivity index (χ4v) is 3.04. The monoisotopic (exact) mass is 334 g/mol. The molecular formula is C16H25ClF2N2O. The number of ether oxygens (including phenoxy) is 1. The molecule has 1 aromatic carbocycles. The maximum absolute atomic E-state index is 14.5. The number of hydrogen-bond donors (Lipinski definition) is 1. The molecule has 1 aliphatic heterocycles. The maximum Gasteiger partial charge on any atom is 0.134 e. The van der Waals surface area contributed by atoms with Gasteiger partial charge in [0.1, 0.15) is 17.4 Å². The van der Waals surface area contributed by atoms with Gasteiger partial charge in [0.2, 0.25) is 0 Å². The predicted molar refractivity (Wildman–Crippen MR) is 86.8 cm³/mol. The van der Waals surface area contributed by atoms with Crippen molar-refractivity contribution in [2.24, 2.45) is 5.41 Å². The van der Waals surface area contributed by atoms with E-state index < -0.39 is 11.6 Å². The fourth-order valence-electron chi connectivity index (χ4n) is 3.04. The van der Waals surface area contributed by atoms with E-state index in [1.54, 1.807) is 0 Å². The first-order chi connectivity index (χ1) is 9.84. The molecule has 0 radical (unpaired) electrons. The Hall–Kier alpha value is -0.910. The van der Waals surface area contributed by atoms with Gasteiger partial charge in [-0.2, -0.15) is 0 Å². The molecule has 0 amide bonds. The second-order valence-corrected chi connectivity index (χ2v) is 6.56. The highest BCUT2D eigenvalue weighted by Gasteiger charge is 2.36. The van der Waals surface area contributed by atoms with Crippen LogP contribution in [0.2, 0.25) is 0 Å². The Morgan fingerprint density at radius 1 is 1.14 bits per heavy atom. The van der Waals surface area contributed by atoms with Gasteiger partial charge in [-0.15, -0.1) is 12.4 Å². The lowest BCUT2D eigenvalue weighted by atomic mass is 9.80. The third-order valence-corrected chi connectivity index (χ3v) is 3.90. The van der Waals surface area contributed by atoms with Gasteiger partial charge in [-0.1, -0.05) is 20.8 Å². The largest absolute Gasteiger partial charge is 0.497 e. The zero-order valence-corrected chi connectivity index (χ0v) is 14.4. The van der Waals surface area contributed by atoms with Crippen molar-refractivity contribution in [3.05, 3.63) is 29.3 Å². The Morgan fingerprint density at radius 3 is 2.05 bits per heavy atom. The van der Waals surface area contributed by atoms with Crippen molar-refractivity contribution in [3.8, 4) is 5.75 Å². The van der Waals surface area contributed by atoms with Gasteiger partial charge in [0, 0.05) is 49.9 Å². The van der Waals surface area contributed by atoms with E-state index in [-0.39, 0.29) is 35.2 Å². The van der Waals surface area contributed by atoms with Crippen LogP contribution in [0.15, 0.2) is 12.1 Å². The molecule has 1 heterocycles. The van der Waals surface area contributed by atoms with Crippen LogP contribution >= 0.6 is 12.4 Å². The van der Waals surface area contributed by atoms with Gasteiger partial charge in [-0.05, 0) is 5.41 Å².